The average molecular weight is 355 g/mol. The molecule has 0 bridgehead atoms. The van der Waals surface area contributed by atoms with Crippen molar-refractivity contribution < 1.29 is 32.7 Å². The van der Waals surface area contributed by atoms with Crippen LogP contribution >= 0.6 is 7.60 Å². The number of hydrogen-bond acceptors (Lipinski definition) is 7. The zero-order chi connectivity index (χ0) is 17.7. The summed E-state index contributed by atoms with van der Waals surface area (Å²) in [6.45, 7) is -0.271. The molecule has 0 atom stereocenters. The van der Waals surface area contributed by atoms with Crippen molar-refractivity contribution in [1.29, 1.82) is 0 Å². The lowest BCUT2D eigenvalue weighted by molar-refractivity contribution is -0.121. The Kier molecular flexibility index (Phi) is 6.01. The van der Waals surface area contributed by atoms with Crippen molar-refractivity contribution in [2.45, 2.75) is 0 Å². The molecule has 1 aromatic carbocycles. The van der Waals surface area contributed by atoms with Gasteiger partial charge in [0, 0.05) is 14.2 Å². The molecule has 130 valence electrons. The zero-order valence-corrected chi connectivity index (χ0v) is 14.3. The van der Waals surface area contributed by atoms with Crippen LogP contribution in [0.25, 0.3) is 0 Å². The summed E-state index contributed by atoms with van der Waals surface area (Å²) < 4.78 is 26.3. The van der Waals surface area contributed by atoms with Gasteiger partial charge in [-0.25, -0.2) is 0 Å². The third-order valence-corrected chi connectivity index (χ3v) is 5.38. The predicted octanol–water partition coefficient (Wildman–Crippen LogP) is 1.35. The van der Waals surface area contributed by atoms with Gasteiger partial charge in [-0.1, -0.05) is 12.1 Å². The molecular formula is C15H18NO7P. The highest BCUT2D eigenvalue weighted by Gasteiger charge is 2.34. The van der Waals surface area contributed by atoms with Crippen LogP contribution in [0, 0.1) is 0 Å². The molecule has 0 N–H and O–H groups in total. The normalized spacial score (nSPS) is 14.2. The molecule has 9 heteroatoms. The quantitative estimate of drug-likeness (QED) is 0.374. The van der Waals surface area contributed by atoms with Crippen molar-refractivity contribution in [3.05, 3.63) is 35.4 Å². The van der Waals surface area contributed by atoms with Gasteiger partial charge in [0.25, 0.3) is 11.8 Å². The van der Waals surface area contributed by atoms with Gasteiger partial charge in [0.05, 0.1) is 24.3 Å². The topological polar surface area (TPSA) is 99.2 Å². The van der Waals surface area contributed by atoms with E-state index < -0.39 is 19.5 Å². The van der Waals surface area contributed by atoms with Crippen LogP contribution in [0.5, 0.6) is 0 Å². The number of ketones is 1. The predicted molar refractivity (Wildman–Crippen MR) is 84.1 cm³/mol. The maximum atomic E-state index is 12.1. The minimum Gasteiger partial charge on any atom is -0.372 e. The van der Waals surface area contributed by atoms with E-state index >= 15 is 0 Å². The average Bonchev–Trinajstić information content (AvgIpc) is 2.83. The molecule has 0 radical (unpaired) electrons. The number of fused-ring (bicyclic) bond motifs is 1. The summed E-state index contributed by atoms with van der Waals surface area (Å²) in [6, 6.07) is 6.55. The van der Waals surface area contributed by atoms with E-state index in [4.69, 9.17) is 4.74 Å². The monoisotopic (exact) mass is 355 g/mol. The molecule has 1 aliphatic rings. The number of hydrogen-bond donors (Lipinski definition) is 0. The molecular weight excluding hydrogens is 337 g/mol. The number of benzene rings is 1. The van der Waals surface area contributed by atoms with Crippen molar-refractivity contribution in [2.24, 2.45) is 0 Å². The van der Waals surface area contributed by atoms with E-state index in [1.807, 2.05) is 0 Å². The van der Waals surface area contributed by atoms with Gasteiger partial charge in [-0.05, 0) is 12.1 Å². The molecule has 0 aliphatic carbocycles. The van der Waals surface area contributed by atoms with E-state index in [1.165, 1.54) is 14.2 Å². The third-order valence-electron chi connectivity index (χ3n) is 3.53. The summed E-state index contributed by atoms with van der Waals surface area (Å²) in [7, 11) is -1.02. The highest BCUT2D eigenvalue weighted by atomic mass is 31.2. The highest BCUT2D eigenvalue weighted by molar-refractivity contribution is 7.54. The van der Waals surface area contributed by atoms with Crippen LogP contribution in [0.1, 0.15) is 20.7 Å². The molecule has 0 aromatic heterocycles. The van der Waals surface area contributed by atoms with E-state index in [9.17, 15) is 18.9 Å². The first-order chi connectivity index (χ1) is 11.4. The third kappa shape index (κ3) is 3.96. The first-order valence-corrected chi connectivity index (χ1v) is 8.90. The summed E-state index contributed by atoms with van der Waals surface area (Å²) >= 11 is 0. The number of carbonyl (C=O) groups is 3. The number of rotatable bonds is 9. The van der Waals surface area contributed by atoms with Crippen molar-refractivity contribution in [1.82, 2.24) is 4.90 Å². The fourth-order valence-electron chi connectivity index (χ4n) is 2.25. The van der Waals surface area contributed by atoms with Crippen LogP contribution in [0.4, 0.5) is 0 Å². The number of imide groups is 1. The van der Waals surface area contributed by atoms with Crippen LogP contribution in [-0.2, 0) is 23.1 Å². The molecule has 1 aliphatic heterocycles. The minimum atomic E-state index is -3.41. The largest absolute Gasteiger partial charge is 0.372 e. The summed E-state index contributed by atoms with van der Waals surface area (Å²) in [6.07, 6.45) is -0.396. The maximum Gasteiger partial charge on any atom is 0.337 e. The number of nitrogens with zero attached hydrogens (tertiary/aromatic N) is 1. The second-order valence-electron chi connectivity index (χ2n) is 5.03. The Balaban J connectivity index is 1.80. The zero-order valence-electron chi connectivity index (χ0n) is 13.4. The molecule has 0 unspecified atom stereocenters. The molecule has 24 heavy (non-hydrogen) atoms. The van der Waals surface area contributed by atoms with Crippen LogP contribution < -0.4 is 0 Å². The van der Waals surface area contributed by atoms with Crippen molar-refractivity contribution in [3.8, 4) is 0 Å². The number of Topliss-reactive ketones (excluding diaryl/α,β-unsaturated/α-hetero) is 1. The lowest BCUT2D eigenvalue weighted by Crippen LogP contribution is -2.33. The number of amides is 2. The summed E-state index contributed by atoms with van der Waals surface area (Å²) in [4.78, 5) is 37.0. The van der Waals surface area contributed by atoms with E-state index in [1.54, 1.807) is 24.3 Å². The Morgan fingerprint density at radius 2 is 1.62 bits per heavy atom. The molecule has 1 heterocycles. The molecule has 0 spiro atoms. The molecule has 0 fully saturated rings. The molecule has 0 saturated heterocycles. The van der Waals surface area contributed by atoms with E-state index in [0.717, 1.165) is 4.90 Å². The second-order valence-corrected chi connectivity index (χ2v) is 7.30. The van der Waals surface area contributed by atoms with Crippen LogP contribution in [0.3, 0.4) is 0 Å². The first-order valence-electron chi connectivity index (χ1n) is 7.17. The van der Waals surface area contributed by atoms with Gasteiger partial charge in [-0.15, -0.1) is 0 Å². The van der Waals surface area contributed by atoms with Crippen LogP contribution in [0.15, 0.2) is 24.3 Å². The lowest BCUT2D eigenvalue weighted by Gasteiger charge is -2.14. The van der Waals surface area contributed by atoms with Gasteiger partial charge in [0.15, 0.2) is 5.78 Å². The van der Waals surface area contributed by atoms with Gasteiger partial charge < -0.3 is 13.8 Å². The van der Waals surface area contributed by atoms with Crippen molar-refractivity contribution in [3.63, 3.8) is 0 Å². The van der Waals surface area contributed by atoms with Gasteiger partial charge >= 0.3 is 7.60 Å². The summed E-state index contributed by atoms with van der Waals surface area (Å²) in [5, 5.41) is 0. The Hall–Kier alpha value is -1.86. The van der Waals surface area contributed by atoms with Gasteiger partial charge in [0.2, 0.25) is 0 Å². The maximum absolute atomic E-state index is 12.1. The number of carbonyl (C=O) groups excluding carboxylic acids is 3. The second kappa shape index (κ2) is 7.81. The smallest absolute Gasteiger partial charge is 0.337 e. The summed E-state index contributed by atoms with van der Waals surface area (Å²) in [5.74, 6) is -1.22. The molecule has 0 saturated carbocycles. The first kappa shape index (κ1) is 18.5. The fourth-order valence-corrected chi connectivity index (χ4v) is 3.18. The molecule has 2 rings (SSSR count). The minimum absolute atomic E-state index is 0.00146. The van der Waals surface area contributed by atoms with Gasteiger partial charge in [-0.2, -0.15) is 0 Å². The summed E-state index contributed by atoms with van der Waals surface area (Å²) in [5.41, 5.74) is 0.722. The molecule has 8 nitrogen and oxygen atoms in total. The van der Waals surface area contributed by atoms with Gasteiger partial charge in [-0.3, -0.25) is 23.8 Å². The van der Waals surface area contributed by atoms with E-state index in [0.29, 0.717) is 11.1 Å². The van der Waals surface area contributed by atoms with Crippen LogP contribution in [-0.4, -0.2) is 62.6 Å². The molecule has 1 aromatic rings. The van der Waals surface area contributed by atoms with E-state index in [2.05, 4.69) is 9.05 Å². The Bertz CT molecular complexity index is 660. The fraction of sp³-hybridized carbons (Fsp3) is 0.400. The Labute approximate surface area is 139 Å². The molecule has 2 amide bonds. The number of ether oxygens (including phenoxy) is 1. The van der Waals surface area contributed by atoms with Crippen molar-refractivity contribution in [2.75, 3.05) is 40.1 Å². The lowest BCUT2D eigenvalue weighted by atomic mass is 10.1. The van der Waals surface area contributed by atoms with Gasteiger partial charge in [0.1, 0.15) is 12.8 Å². The van der Waals surface area contributed by atoms with Crippen LogP contribution in [0.2, 0.25) is 0 Å². The van der Waals surface area contributed by atoms with Crippen molar-refractivity contribution >= 4 is 25.2 Å². The van der Waals surface area contributed by atoms with E-state index in [-0.39, 0.29) is 31.6 Å². The standard InChI is InChI=1S/C15H18NO7P/c1-21-24(20,22-2)10-11(17)9-23-8-7-16-14(18)12-5-3-4-6-13(12)15(16)19/h3-6H,7-10H2,1-2H3. The SMILES string of the molecule is COP(=O)(CC(=O)COCCN1C(=O)c2ccccc2C1=O)OC. The Morgan fingerprint density at radius 1 is 1.08 bits per heavy atom. The Morgan fingerprint density at radius 3 is 2.12 bits per heavy atom. The highest BCUT2D eigenvalue weighted by Crippen LogP contribution is 2.45.